The highest BCUT2D eigenvalue weighted by Gasteiger charge is 2.23. The smallest absolute Gasteiger partial charge is 0.193 e. The van der Waals surface area contributed by atoms with Crippen LogP contribution in [0.3, 0.4) is 0 Å². The van der Waals surface area contributed by atoms with Crippen molar-refractivity contribution >= 4 is 11.8 Å². The number of likely N-dealkylation sites (tertiary alicyclic amines) is 1. The van der Waals surface area contributed by atoms with Crippen molar-refractivity contribution in [2.45, 2.75) is 24.7 Å². The Morgan fingerprint density at radius 2 is 1.74 bits per heavy atom. The van der Waals surface area contributed by atoms with Gasteiger partial charge < -0.3 is 4.90 Å². The molecular formula is C16H20FN5S. The summed E-state index contributed by atoms with van der Waals surface area (Å²) in [5.74, 6) is 1.54. The molecule has 0 spiro atoms. The van der Waals surface area contributed by atoms with Crippen LogP contribution in [-0.4, -0.2) is 56.6 Å². The molecule has 7 heteroatoms. The van der Waals surface area contributed by atoms with E-state index in [0.717, 1.165) is 42.2 Å². The predicted molar refractivity (Wildman–Crippen MR) is 88.5 cm³/mol. The Labute approximate surface area is 139 Å². The molecule has 1 aromatic heterocycles. The summed E-state index contributed by atoms with van der Waals surface area (Å²) in [6, 6.07) is 6.47. The second-order valence-electron chi connectivity index (χ2n) is 6.10. The normalized spacial score (nSPS) is 19.2. The maximum absolute atomic E-state index is 13.1. The monoisotopic (exact) mass is 333 g/mol. The molecule has 0 N–H and O–H groups in total. The van der Waals surface area contributed by atoms with Crippen LogP contribution in [0.1, 0.15) is 12.8 Å². The maximum Gasteiger partial charge on any atom is 0.193 e. The number of rotatable bonds is 4. The van der Waals surface area contributed by atoms with E-state index in [1.165, 1.54) is 38.1 Å². The van der Waals surface area contributed by atoms with Gasteiger partial charge in [0, 0.05) is 18.7 Å². The molecule has 122 valence electrons. The van der Waals surface area contributed by atoms with E-state index in [4.69, 9.17) is 0 Å². The van der Waals surface area contributed by atoms with Crippen LogP contribution in [-0.2, 0) is 6.67 Å². The first-order valence-electron chi connectivity index (χ1n) is 8.06. The third kappa shape index (κ3) is 3.27. The Kier molecular flexibility index (Phi) is 4.33. The van der Waals surface area contributed by atoms with Gasteiger partial charge in [-0.15, -0.1) is 10.2 Å². The third-order valence-corrected chi connectivity index (χ3v) is 5.52. The molecular weight excluding hydrogens is 313 g/mol. The van der Waals surface area contributed by atoms with Crippen molar-refractivity contribution in [1.82, 2.24) is 24.6 Å². The van der Waals surface area contributed by atoms with Crippen LogP contribution in [0.2, 0.25) is 0 Å². The molecule has 1 fully saturated rings. The highest BCUT2D eigenvalue weighted by atomic mass is 32.2. The van der Waals surface area contributed by atoms with Gasteiger partial charge in [-0.3, -0.25) is 9.47 Å². The van der Waals surface area contributed by atoms with Gasteiger partial charge in [0.25, 0.3) is 0 Å². The first-order valence-corrected chi connectivity index (χ1v) is 9.05. The lowest BCUT2D eigenvalue weighted by Gasteiger charge is -2.29. The van der Waals surface area contributed by atoms with E-state index in [0.29, 0.717) is 0 Å². The van der Waals surface area contributed by atoms with Crippen molar-refractivity contribution in [3.8, 4) is 11.4 Å². The molecule has 2 aliphatic heterocycles. The third-order valence-electron chi connectivity index (χ3n) is 4.47. The molecule has 0 amide bonds. The van der Waals surface area contributed by atoms with Gasteiger partial charge in [0.2, 0.25) is 0 Å². The minimum absolute atomic E-state index is 0.228. The van der Waals surface area contributed by atoms with Crippen molar-refractivity contribution in [1.29, 1.82) is 0 Å². The average molecular weight is 333 g/mol. The Morgan fingerprint density at radius 3 is 2.52 bits per heavy atom. The van der Waals surface area contributed by atoms with Gasteiger partial charge in [-0.1, -0.05) is 11.8 Å². The molecule has 0 aliphatic carbocycles. The number of benzene rings is 1. The van der Waals surface area contributed by atoms with Crippen molar-refractivity contribution in [3.63, 3.8) is 0 Å². The Hall–Kier alpha value is -1.44. The standard InChI is InChI=1S/C16H20FN5S/c17-14-5-3-13(4-6-14)15-18-19-16-22(15)11-21(12-23-16)10-9-20-7-1-2-8-20/h3-6H,1-2,7-12H2. The number of hydrogen-bond donors (Lipinski definition) is 0. The Balaban J connectivity index is 1.47. The highest BCUT2D eigenvalue weighted by Crippen LogP contribution is 2.28. The summed E-state index contributed by atoms with van der Waals surface area (Å²) in [6.45, 7) is 5.46. The molecule has 0 saturated carbocycles. The second-order valence-corrected chi connectivity index (χ2v) is 7.01. The molecule has 1 aromatic carbocycles. The molecule has 23 heavy (non-hydrogen) atoms. The molecule has 5 nitrogen and oxygen atoms in total. The molecule has 4 rings (SSSR count). The van der Waals surface area contributed by atoms with Gasteiger partial charge in [-0.2, -0.15) is 0 Å². The Bertz CT molecular complexity index is 666. The molecule has 3 heterocycles. The fourth-order valence-corrected chi connectivity index (χ4v) is 4.06. The molecule has 0 atom stereocenters. The Morgan fingerprint density at radius 1 is 1.00 bits per heavy atom. The fourth-order valence-electron chi connectivity index (χ4n) is 3.15. The first kappa shape index (κ1) is 15.1. The van der Waals surface area contributed by atoms with Crippen LogP contribution in [0.5, 0.6) is 0 Å². The summed E-state index contributed by atoms with van der Waals surface area (Å²) in [6.07, 6.45) is 2.66. The van der Waals surface area contributed by atoms with E-state index in [-0.39, 0.29) is 5.82 Å². The summed E-state index contributed by atoms with van der Waals surface area (Å²) in [4.78, 5) is 4.96. The number of halogens is 1. The van der Waals surface area contributed by atoms with E-state index < -0.39 is 0 Å². The highest BCUT2D eigenvalue weighted by molar-refractivity contribution is 7.99. The molecule has 0 bridgehead atoms. The van der Waals surface area contributed by atoms with Gasteiger partial charge in [-0.25, -0.2) is 4.39 Å². The van der Waals surface area contributed by atoms with E-state index in [9.17, 15) is 4.39 Å². The zero-order valence-electron chi connectivity index (χ0n) is 13.0. The van der Waals surface area contributed by atoms with Crippen LogP contribution in [0.4, 0.5) is 4.39 Å². The zero-order valence-corrected chi connectivity index (χ0v) is 13.8. The quantitative estimate of drug-likeness (QED) is 0.859. The number of aromatic nitrogens is 3. The van der Waals surface area contributed by atoms with Gasteiger partial charge in [0.05, 0.1) is 12.5 Å². The van der Waals surface area contributed by atoms with Gasteiger partial charge >= 0.3 is 0 Å². The summed E-state index contributed by atoms with van der Waals surface area (Å²) in [7, 11) is 0. The minimum Gasteiger partial charge on any atom is -0.302 e. The lowest BCUT2D eigenvalue weighted by atomic mass is 10.2. The number of fused-ring (bicyclic) bond motifs is 1. The van der Waals surface area contributed by atoms with E-state index >= 15 is 0 Å². The van der Waals surface area contributed by atoms with Crippen molar-refractivity contribution in [3.05, 3.63) is 30.1 Å². The lowest BCUT2D eigenvalue weighted by molar-refractivity contribution is 0.203. The number of hydrogen-bond acceptors (Lipinski definition) is 5. The first-order chi connectivity index (χ1) is 11.3. The van der Waals surface area contributed by atoms with Gasteiger partial charge in [0.15, 0.2) is 11.0 Å². The molecule has 2 aliphatic rings. The second kappa shape index (κ2) is 6.59. The SMILES string of the molecule is Fc1ccc(-c2nnc3n2CN(CCN2CCCC2)CS3)cc1. The minimum atomic E-state index is -0.228. The zero-order chi connectivity index (χ0) is 15.6. The summed E-state index contributed by atoms with van der Waals surface area (Å²) < 4.78 is 15.2. The summed E-state index contributed by atoms with van der Waals surface area (Å²) >= 11 is 1.72. The van der Waals surface area contributed by atoms with Crippen molar-refractivity contribution < 1.29 is 4.39 Å². The average Bonchev–Trinajstić information content (AvgIpc) is 3.23. The molecule has 0 unspecified atom stereocenters. The summed E-state index contributed by atoms with van der Waals surface area (Å²) in [5.41, 5.74) is 0.909. The molecule has 2 aromatic rings. The fraction of sp³-hybridized carbons (Fsp3) is 0.500. The van der Waals surface area contributed by atoms with Crippen molar-refractivity contribution in [2.75, 3.05) is 32.1 Å². The van der Waals surface area contributed by atoms with E-state index in [2.05, 4.69) is 24.6 Å². The van der Waals surface area contributed by atoms with Crippen LogP contribution in [0.15, 0.2) is 29.4 Å². The largest absolute Gasteiger partial charge is 0.302 e. The van der Waals surface area contributed by atoms with Gasteiger partial charge in [-0.05, 0) is 50.2 Å². The van der Waals surface area contributed by atoms with Crippen LogP contribution in [0.25, 0.3) is 11.4 Å². The number of nitrogens with zero attached hydrogens (tertiary/aromatic N) is 5. The van der Waals surface area contributed by atoms with Crippen LogP contribution < -0.4 is 0 Å². The van der Waals surface area contributed by atoms with E-state index in [1.807, 2.05) is 0 Å². The summed E-state index contributed by atoms with van der Waals surface area (Å²) in [5, 5.41) is 9.52. The van der Waals surface area contributed by atoms with Crippen LogP contribution >= 0.6 is 11.8 Å². The van der Waals surface area contributed by atoms with Crippen LogP contribution in [0, 0.1) is 5.82 Å². The van der Waals surface area contributed by atoms with Gasteiger partial charge in [0.1, 0.15) is 5.82 Å². The maximum atomic E-state index is 13.1. The predicted octanol–water partition coefficient (Wildman–Crippen LogP) is 2.50. The van der Waals surface area contributed by atoms with E-state index in [1.54, 1.807) is 23.9 Å². The molecule has 1 saturated heterocycles. The topological polar surface area (TPSA) is 37.2 Å². The molecule has 0 radical (unpaired) electrons. The lowest BCUT2D eigenvalue weighted by Crippen LogP contribution is -2.37. The number of thioether (sulfide) groups is 1. The van der Waals surface area contributed by atoms with Crippen molar-refractivity contribution in [2.24, 2.45) is 0 Å².